The van der Waals surface area contributed by atoms with Crippen LogP contribution in [0.2, 0.25) is 0 Å². The van der Waals surface area contributed by atoms with E-state index in [2.05, 4.69) is 31.5 Å². The molecule has 0 aliphatic carbocycles. The molecular formula is C18H20N4OS. The smallest absolute Gasteiger partial charge is 0.270 e. The Morgan fingerprint density at radius 3 is 2.50 bits per heavy atom. The number of benzene rings is 1. The van der Waals surface area contributed by atoms with Crippen LogP contribution < -0.4 is 0 Å². The number of aromatic nitrogens is 2. The normalized spacial score (nSPS) is 16.7. The van der Waals surface area contributed by atoms with Crippen molar-refractivity contribution in [2.24, 2.45) is 0 Å². The minimum absolute atomic E-state index is 0.548. The molecule has 1 saturated heterocycles. The molecule has 6 heteroatoms. The van der Waals surface area contributed by atoms with E-state index in [0.29, 0.717) is 4.84 Å². The Kier molecular flexibility index (Phi) is 4.42. The van der Waals surface area contributed by atoms with Crippen LogP contribution in [0.15, 0.2) is 53.1 Å². The van der Waals surface area contributed by atoms with E-state index in [1.54, 1.807) is 0 Å². The highest BCUT2D eigenvalue weighted by atomic mass is 32.1. The lowest BCUT2D eigenvalue weighted by Gasteiger charge is -2.34. The number of hydrogen-bond donors (Lipinski definition) is 0. The van der Waals surface area contributed by atoms with E-state index in [1.807, 2.05) is 36.5 Å². The molecular weight excluding hydrogens is 320 g/mol. The van der Waals surface area contributed by atoms with Gasteiger partial charge in [0.1, 0.15) is 0 Å². The van der Waals surface area contributed by atoms with Gasteiger partial charge in [0.2, 0.25) is 0 Å². The first-order chi connectivity index (χ1) is 11.8. The van der Waals surface area contributed by atoms with Crippen molar-refractivity contribution in [3.8, 4) is 0 Å². The van der Waals surface area contributed by atoms with Crippen LogP contribution in [0, 0.1) is 4.84 Å². The second-order valence-electron chi connectivity index (χ2n) is 6.12. The van der Waals surface area contributed by atoms with Gasteiger partial charge in [0.25, 0.3) is 4.84 Å². The minimum atomic E-state index is 0.548. The second kappa shape index (κ2) is 6.84. The predicted octanol–water partition coefficient (Wildman–Crippen LogP) is 3.13. The Balaban J connectivity index is 1.39. The van der Waals surface area contributed by atoms with Crippen molar-refractivity contribution in [3.05, 3.63) is 59.2 Å². The zero-order valence-corrected chi connectivity index (χ0v) is 14.3. The third-order valence-corrected chi connectivity index (χ3v) is 4.80. The van der Waals surface area contributed by atoms with Gasteiger partial charge in [-0.1, -0.05) is 18.2 Å². The molecule has 0 saturated carbocycles. The Hall–Kier alpha value is -2.02. The standard InChI is InChI=1S/C18H20N4OS/c24-18-22(16-6-1-2-7-17(16)23-18)14-21-11-9-20(10-12-21)13-15-5-3-4-8-19-15/h1-8H,9-14H2. The van der Waals surface area contributed by atoms with E-state index in [4.69, 9.17) is 16.6 Å². The zero-order chi connectivity index (χ0) is 16.4. The minimum Gasteiger partial charge on any atom is -0.429 e. The molecule has 0 radical (unpaired) electrons. The largest absolute Gasteiger partial charge is 0.429 e. The molecule has 2 aromatic heterocycles. The van der Waals surface area contributed by atoms with Crippen LogP contribution in [-0.2, 0) is 13.2 Å². The Bertz CT molecular complexity index is 865. The van der Waals surface area contributed by atoms with Crippen LogP contribution in [0.25, 0.3) is 11.1 Å². The van der Waals surface area contributed by atoms with E-state index in [0.717, 1.165) is 56.2 Å². The molecule has 1 fully saturated rings. The average Bonchev–Trinajstić information content (AvgIpc) is 2.93. The van der Waals surface area contributed by atoms with Crippen LogP contribution >= 0.6 is 12.2 Å². The summed E-state index contributed by atoms with van der Waals surface area (Å²) in [4.78, 5) is 9.83. The van der Waals surface area contributed by atoms with Crippen LogP contribution in [0.1, 0.15) is 5.69 Å². The Morgan fingerprint density at radius 2 is 1.71 bits per heavy atom. The first kappa shape index (κ1) is 15.5. The third kappa shape index (κ3) is 3.26. The van der Waals surface area contributed by atoms with Crippen molar-refractivity contribution < 1.29 is 4.42 Å². The summed E-state index contributed by atoms with van der Waals surface area (Å²) in [7, 11) is 0. The van der Waals surface area contributed by atoms with Crippen LogP contribution in [0.4, 0.5) is 0 Å². The number of para-hydroxylation sites is 2. The van der Waals surface area contributed by atoms with Gasteiger partial charge < -0.3 is 4.42 Å². The molecule has 0 bridgehead atoms. The molecule has 124 valence electrons. The molecule has 0 spiro atoms. The van der Waals surface area contributed by atoms with E-state index < -0.39 is 0 Å². The highest BCUT2D eigenvalue weighted by Gasteiger charge is 2.18. The SMILES string of the molecule is S=c1oc2ccccc2n1CN1CCN(Cc2ccccn2)CC1. The van der Waals surface area contributed by atoms with Gasteiger partial charge >= 0.3 is 0 Å². The van der Waals surface area contributed by atoms with Gasteiger partial charge in [-0.3, -0.25) is 19.4 Å². The molecule has 24 heavy (non-hydrogen) atoms. The summed E-state index contributed by atoms with van der Waals surface area (Å²) in [6, 6.07) is 14.1. The number of nitrogens with zero attached hydrogens (tertiary/aromatic N) is 4. The molecule has 0 unspecified atom stereocenters. The summed E-state index contributed by atoms with van der Waals surface area (Å²) in [6.07, 6.45) is 1.86. The van der Waals surface area contributed by atoms with Gasteiger partial charge in [-0.2, -0.15) is 0 Å². The average molecular weight is 340 g/mol. The molecule has 1 aromatic carbocycles. The number of pyridine rings is 1. The molecule has 3 aromatic rings. The third-order valence-electron chi connectivity index (χ3n) is 4.49. The zero-order valence-electron chi connectivity index (χ0n) is 13.5. The summed E-state index contributed by atoms with van der Waals surface area (Å²) in [5.41, 5.74) is 3.06. The molecule has 1 aliphatic rings. The van der Waals surface area contributed by atoms with E-state index in [-0.39, 0.29) is 0 Å². The van der Waals surface area contributed by atoms with Gasteiger partial charge in [0, 0.05) is 38.9 Å². The van der Waals surface area contributed by atoms with Gasteiger partial charge in [0.05, 0.1) is 17.9 Å². The maximum absolute atomic E-state index is 5.67. The molecule has 0 atom stereocenters. The topological polar surface area (TPSA) is 37.4 Å². The van der Waals surface area contributed by atoms with E-state index in [1.165, 1.54) is 0 Å². The maximum Gasteiger partial charge on any atom is 0.270 e. The van der Waals surface area contributed by atoms with Crippen LogP contribution in [0.5, 0.6) is 0 Å². The number of oxazole rings is 1. The summed E-state index contributed by atoms with van der Waals surface area (Å²) < 4.78 is 7.76. The first-order valence-corrected chi connectivity index (χ1v) is 8.63. The quantitative estimate of drug-likeness (QED) is 0.682. The summed E-state index contributed by atoms with van der Waals surface area (Å²) in [6.45, 7) is 5.83. The number of rotatable bonds is 4. The van der Waals surface area contributed by atoms with Crippen molar-refractivity contribution in [1.29, 1.82) is 0 Å². The maximum atomic E-state index is 5.67. The van der Waals surface area contributed by atoms with Crippen molar-refractivity contribution in [1.82, 2.24) is 19.4 Å². The lowest BCUT2D eigenvalue weighted by molar-refractivity contribution is 0.102. The first-order valence-electron chi connectivity index (χ1n) is 8.22. The molecule has 0 amide bonds. The Morgan fingerprint density at radius 1 is 0.958 bits per heavy atom. The van der Waals surface area contributed by atoms with E-state index in [9.17, 15) is 0 Å². The summed E-state index contributed by atoms with van der Waals surface area (Å²) >= 11 is 5.38. The predicted molar refractivity (Wildman–Crippen MR) is 96.1 cm³/mol. The van der Waals surface area contributed by atoms with Crippen LogP contribution in [-0.4, -0.2) is 45.5 Å². The molecule has 3 heterocycles. The van der Waals surface area contributed by atoms with Crippen molar-refractivity contribution in [2.45, 2.75) is 13.2 Å². The van der Waals surface area contributed by atoms with Crippen LogP contribution in [0.3, 0.4) is 0 Å². The van der Waals surface area contributed by atoms with Gasteiger partial charge in [-0.25, -0.2) is 0 Å². The lowest BCUT2D eigenvalue weighted by atomic mass is 10.3. The van der Waals surface area contributed by atoms with Gasteiger partial charge in [-0.05, 0) is 36.5 Å². The van der Waals surface area contributed by atoms with Crippen molar-refractivity contribution >= 4 is 23.3 Å². The fourth-order valence-corrected chi connectivity index (χ4v) is 3.40. The lowest BCUT2D eigenvalue weighted by Crippen LogP contribution is -2.46. The molecule has 5 nitrogen and oxygen atoms in total. The fourth-order valence-electron chi connectivity index (χ4n) is 3.16. The van der Waals surface area contributed by atoms with Crippen molar-refractivity contribution in [2.75, 3.05) is 26.2 Å². The summed E-state index contributed by atoms with van der Waals surface area (Å²) in [5, 5.41) is 0. The van der Waals surface area contributed by atoms with Gasteiger partial charge in [0.15, 0.2) is 5.58 Å². The van der Waals surface area contributed by atoms with Gasteiger partial charge in [-0.15, -0.1) is 0 Å². The van der Waals surface area contributed by atoms with Crippen molar-refractivity contribution in [3.63, 3.8) is 0 Å². The summed E-state index contributed by atoms with van der Waals surface area (Å²) in [5.74, 6) is 0. The highest BCUT2D eigenvalue weighted by molar-refractivity contribution is 7.71. The monoisotopic (exact) mass is 340 g/mol. The Labute approximate surface area is 146 Å². The molecule has 4 rings (SSSR count). The highest BCUT2D eigenvalue weighted by Crippen LogP contribution is 2.18. The fraction of sp³-hybridized carbons (Fsp3) is 0.333. The van der Waals surface area contributed by atoms with E-state index >= 15 is 0 Å². The number of fused-ring (bicyclic) bond motifs is 1. The second-order valence-corrected chi connectivity index (χ2v) is 6.47. The molecule has 0 N–H and O–H groups in total. The molecule has 1 aliphatic heterocycles. The number of piperazine rings is 1. The number of hydrogen-bond acceptors (Lipinski definition) is 5.